The molecule has 3 aromatic rings. The van der Waals surface area contributed by atoms with Gasteiger partial charge in [-0.3, -0.25) is 0 Å². The summed E-state index contributed by atoms with van der Waals surface area (Å²) in [7, 11) is 0. The average Bonchev–Trinajstić information content (AvgIpc) is 2.99. The van der Waals surface area contributed by atoms with Crippen LogP contribution in [-0.2, 0) is 16.1 Å². The number of halogens is 1. The fourth-order valence-electron chi connectivity index (χ4n) is 2.94. The van der Waals surface area contributed by atoms with Crippen molar-refractivity contribution in [2.45, 2.75) is 13.5 Å². The summed E-state index contributed by atoms with van der Waals surface area (Å²) in [4.78, 5) is 16.2. The number of cyclic esters (lactones) is 1. The average molecular weight is 378 g/mol. The van der Waals surface area contributed by atoms with Gasteiger partial charge in [-0.15, -0.1) is 0 Å². The molecule has 4 nitrogen and oxygen atoms in total. The van der Waals surface area contributed by atoms with Gasteiger partial charge in [-0.05, 0) is 40.6 Å². The topological polar surface area (TPSA) is 47.9 Å². The molecule has 0 saturated carbocycles. The number of carbonyl (C=O) groups is 1. The maximum atomic E-state index is 12.0. The zero-order valence-electron chi connectivity index (χ0n) is 14.6. The Hall–Kier alpha value is -3.11. The number of esters is 1. The predicted molar refractivity (Wildman–Crippen MR) is 107 cm³/mol. The van der Waals surface area contributed by atoms with Gasteiger partial charge in [0, 0.05) is 17.5 Å². The van der Waals surface area contributed by atoms with Crippen molar-refractivity contribution >= 4 is 40.3 Å². The summed E-state index contributed by atoms with van der Waals surface area (Å²) in [5.41, 5.74) is 2.06. The third-order valence-electron chi connectivity index (χ3n) is 4.25. The molecule has 0 bridgehead atoms. The summed E-state index contributed by atoms with van der Waals surface area (Å²) in [5, 5.41) is 2.71. The molecule has 0 atom stereocenters. The number of nitrogens with zero attached hydrogens (tertiary/aromatic N) is 1. The minimum absolute atomic E-state index is 0.264. The number of benzene rings is 3. The van der Waals surface area contributed by atoms with E-state index in [9.17, 15) is 4.79 Å². The molecule has 0 spiro atoms. The van der Waals surface area contributed by atoms with E-state index in [1.165, 1.54) is 0 Å². The van der Waals surface area contributed by atoms with Crippen LogP contribution in [0.4, 0.5) is 0 Å². The molecule has 1 heterocycles. The van der Waals surface area contributed by atoms with Gasteiger partial charge in [-0.1, -0.05) is 54.1 Å². The summed E-state index contributed by atoms with van der Waals surface area (Å²) in [6.45, 7) is 2.04. The molecule has 0 aromatic heterocycles. The predicted octanol–water partition coefficient (Wildman–Crippen LogP) is 5.39. The van der Waals surface area contributed by atoms with Gasteiger partial charge in [0.1, 0.15) is 12.4 Å². The molecule has 0 saturated heterocycles. The Morgan fingerprint density at radius 3 is 2.59 bits per heavy atom. The van der Waals surface area contributed by atoms with Crippen LogP contribution in [0.3, 0.4) is 0 Å². The summed E-state index contributed by atoms with van der Waals surface area (Å²) < 4.78 is 11.1. The summed E-state index contributed by atoms with van der Waals surface area (Å²) >= 11 is 5.94. The lowest BCUT2D eigenvalue weighted by atomic mass is 10.0. The number of hydrogen-bond acceptors (Lipinski definition) is 4. The number of ether oxygens (including phenoxy) is 2. The van der Waals surface area contributed by atoms with Crippen LogP contribution in [0.2, 0.25) is 5.02 Å². The van der Waals surface area contributed by atoms with Crippen molar-refractivity contribution in [3.63, 3.8) is 0 Å². The highest BCUT2D eigenvalue weighted by molar-refractivity contribution is 6.30. The maximum Gasteiger partial charge on any atom is 0.363 e. The minimum Gasteiger partial charge on any atom is -0.488 e. The van der Waals surface area contributed by atoms with E-state index in [1.807, 2.05) is 60.7 Å². The number of hydrogen-bond donors (Lipinski definition) is 0. The van der Waals surface area contributed by atoms with Crippen molar-refractivity contribution in [3.05, 3.63) is 82.5 Å². The van der Waals surface area contributed by atoms with E-state index in [-0.39, 0.29) is 5.70 Å². The molecule has 1 aliphatic rings. The van der Waals surface area contributed by atoms with E-state index in [1.54, 1.807) is 13.0 Å². The van der Waals surface area contributed by atoms with E-state index >= 15 is 0 Å². The third kappa shape index (κ3) is 3.71. The van der Waals surface area contributed by atoms with Crippen LogP contribution >= 0.6 is 11.6 Å². The molecular weight excluding hydrogens is 362 g/mol. The van der Waals surface area contributed by atoms with Crippen molar-refractivity contribution in [2.75, 3.05) is 0 Å². The Balaban J connectivity index is 1.74. The second kappa shape index (κ2) is 7.25. The van der Waals surface area contributed by atoms with E-state index < -0.39 is 5.97 Å². The van der Waals surface area contributed by atoms with Crippen LogP contribution in [0.25, 0.3) is 16.8 Å². The molecule has 0 unspecified atom stereocenters. The fraction of sp³-hybridized carbons (Fsp3) is 0.0909. The van der Waals surface area contributed by atoms with Gasteiger partial charge in [-0.25, -0.2) is 9.79 Å². The lowest BCUT2D eigenvalue weighted by Crippen LogP contribution is -2.01. The first-order chi connectivity index (χ1) is 13.1. The molecular formula is C22H16ClNO3. The molecule has 5 heteroatoms. The molecule has 27 heavy (non-hydrogen) atoms. The molecule has 0 aliphatic carbocycles. The zero-order chi connectivity index (χ0) is 18.8. The Kier molecular flexibility index (Phi) is 4.65. The van der Waals surface area contributed by atoms with Crippen molar-refractivity contribution in [1.82, 2.24) is 0 Å². The molecule has 0 amide bonds. The highest BCUT2D eigenvalue weighted by atomic mass is 35.5. The number of carbonyl (C=O) groups excluding carboxylic acids is 1. The summed E-state index contributed by atoms with van der Waals surface area (Å²) in [5.74, 6) is 0.558. The van der Waals surface area contributed by atoms with Gasteiger partial charge < -0.3 is 9.47 Å². The first-order valence-corrected chi connectivity index (χ1v) is 8.86. The molecule has 1 aliphatic heterocycles. The van der Waals surface area contributed by atoms with Crippen molar-refractivity contribution in [1.29, 1.82) is 0 Å². The van der Waals surface area contributed by atoms with Gasteiger partial charge in [0.15, 0.2) is 11.6 Å². The normalized spacial score (nSPS) is 15.1. The van der Waals surface area contributed by atoms with Crippen molar-refractivity contribution in [3.8, 4) is 5.75 Å². The molecule has 0 N–H and O–H groups in total. The van der Waals surface area contributed by atoms with Gasteiger partial charge in [0.05, 0.1) is 0 Å². The molecule has 0 fully saturated rings. The first kappa shape index (κ1) is 17.3. The van der Waals surface area contributed by atoms with Crippen LogP contribution in [0, 0.1) is 0 Å². The molecule has 134 valence electrons. The maximum absolute atomic E-state index is 12.0. The highest BCUT2D eigenvalue weighted by Gasteiger charge is 2.21. The van der Waals surface area contributed by atoms with Gasteiger partial charge >= 0.3 is 5.97 Å². The quantitative estimate of drug-likeness (QED) is 0.452. The van der Waals surface area contributed by atoms with Crippen LogP contribution in [0.5, 0.6) is 5.75 Å². The standard InChI is InChI=1S/C22H16ClNO3/c1-14-24-20(22(25)27-14)12-19-18-5-3-2-4-16(18)8-11-21(19)26-13-15-6-9-17(23)10-7-15/h2-12H,13H2,1H3/b20-12+. The Bertz CT molecular complexity index is 1080. The minimum atomic E-state index is -0.455. The van der Waals surface area contributed by atoms with E-state index in [4.69, 9.17) is 21.1 Å². The Morgan fingerprint density at radius 1 is 1.07 bits per heavy atom. The number of rotatable bonds is 4. The van der Waals surface area contributed by atoms with Crippen LogP contribution in [0.15, 0.2) is 71.4 Å². The number of aliphatic imine (C=N–C) groups is 1. The lowest BCUT2D eigenvalue weighted by molar-refractivity contribution is -0.130. The fourth-order valence-corrected chi connectivity index (χ4v) is 3.07. The van der Waals surface area contributed by atoms with E-state index in [0.29, 0.717) is 23.3 Å². The van der Waals surface area contributed by atoms with Crippen molar-refractivity contribution < 1.29 is 14.3 Å². The van der Waals surface area contributed by atoms with Gasteiger partial charge in [0.2, 0.25) is 0 Å². The largest absolute Gasteiger partial charge is 0.488 e. The van der Waals surface area contributed by atoms with Crippen LogP contribution < -0.4 is 4.74 Å². The SMILES string of the molecule is CC1=N/C(=C/c2c(OCc3ccc(Cl)cc3)ccc3ccccc23)C(=O)O1. The van der Waals surface area contributed by atoms with Crippen molar-refractivity contribution in [2.24, 2.45) is 4.99 Å². The summed E-state index contributed by atoms with van der Waals surface area (Å²) in [6, 6.07) is 19.3. The van der Waals surface area contributed by atoms with E-state index in [2.05, 4.69) is 4.99 Å². The third-order valence-corrected chi connectivity index (χ3v) is 4.50. The van der Waals surface area contributed by atoms with E-state index in [0.717, 1.165) is 21.9 Å². The molecule has 3 aromatic carbocycles. The van der Waals surface area contributed by atoms with Gasteiger partial charge in [-0.2, -0.15) is 0 Å². The van der Waals surface area contributed by atoms with Crippen LogP contribution in [-0.4, -0.2) is 11.9 Å². The molecule has 4 rings (SSSR count). The second-order valence-corrected chi connectivity index (χ2v) is 6.60. The summed E-state index contributed by atoms with van der Waals surface area (Å²) in [6.07, 6.45) is 1.72. The first-order valence-electron chi connectivity index (χ1n) is 8.48. The Labute approximate surface area is 161 Å². The molecule has 0 radical (unpaired) electrons. The lowest BCUT2D eigenvalue weighted by Gasteiger charge is -2.12. The number of fused-ring (bicyclic) bond motifs is 1. The van der Waals surface area contributed by atoms with Gasteiger partial charge in [0.25, 0.3) is 0 Å². The second-order valence-electron chi connectivity index (χ2n) is 6.16. The zero-order valence-corrected chi connectivity index (χ0v) is 15.4. The monoisotopic (exact) mass is 377 g/mol. The Morgan fingerprint density at radius 2 is 1.85 bits per heavy atom. The highest BCUT2D eigenvalue weighted by Crippen LogP contribution is 2.32. The van der Waals surface area contributed by atoms with Crippen LogP contribution in [0.1, 0.15) is 18.1 Å². The smallest absolute Gasteiger partial charge is 0.363 e.